The van der Waals surface area contributed by atoms with Gasteiger partial charge in [-0.3, -0.25) is 4.98 Å². The summed E-state index contributed by atoms with van der Waals surface area (Å²) >= 11 is 1.85. The number of benzene rings is 9. The Morgan fingerprint density at radius 1 is 0.329 bits per heavy atom. The van der Waals surface area contributed by atoms with Crippen molar-refractivity contribution in [2.75, 3.05) is 0 Å². The minimum Gasteiger partial charge on any atom is -0.305 e. The third-order valence-corrected chi connectivity index (χ3v) is 15.5. The van der Waals surface area contributed by atoms with Gasteiger partial charge in [-0.2, -0.15) is 0 Å². The van der Waals surface area contributed by atoms with Gasteiger partial charge in [-0.15, -0.1) is 106 Å². The monoisotopic (exact) mass is 1170 g/mol. The van der Waals surface area contributed by atoms with Crippen LogP contribution in [0.3, 0.4) is 0 Å². The number of hydrogen-bond donors (Lipinski definition) is 0. The van der Waals surface area contributed by atoms with Crippen LogP contribution in [0.5, 0.6) is 0 Å². The first-order chi connectivity index (χ1) is 37.1. The molecule has 362 valence electrons. The fourth-order valence-electron chi connectivity index (χ4n) is 10.5. The van der Waals surface area contributed by atoms with Crippen LogP contribution in [0.15, 0.2) is 243 Å². The molecule has 0 bridgehead atoms. The largest absolute Gasteiger partial charge is 3.00 e. The van der Waals surface area contributed by atoms with E-state index in [4.69, 9.17) is 4.98 Å². The van der Waals surface area contributed by atoms with Crippen LogP contribution in [-0.2, 0) is 45.8 Å². The third-order valence-electron chi connectivity index (χ3n) is 14.3. The molecule has 4 aromatic heterocycles. The Morgan fingerprint density at radius 2 is 0.921 bits per heavy atom. The van der Waals surface area contributed by atoms with Gasteiger partial charge in [0.1, 0.15) is 0 Å². The smallest absolute Gasteiger partial charge is 0.305 e. The van der Waals surface area contributed by atoms with Crippen LogP contribution >= 0.6 is 11.3 Å². The molecule has 0 atom stereocenters. The van der Waals surface area contributed by atoms with Gasteiger partial charge in [0.05, 0.1) is 5.52 Å². The average molecular weight is 1170 g/mol. The first-order valence-electron chi connectivity index (χ1n) is 25.6. The predicted molar refractivity (Wildman–Crippen MR) is 312 cm³/mol. The van der Waals surface area contributed by atoms with E-state index in [-0.39, 0.29) is 20.1 Å². The van der Waals surface area contributed by atoms with Crippen molar-refractivity contribution in [1.82, 2.24) is 15.0 Å². The molecule has 0 radical (unpaired) electrons. The SMILES string of the molecule is [Ir+3].[c-]1cc(CCc2cc(CCc3c[c-]c(-c4ccccn4)cc3)cc(-c3ccccc3-c3c[c-]c(-c4cc(-c5ccccc5)c5ccccc5n4)cc3-c3ccc4c(c3)sc3ccccc34)c2)ccc1-c1ccccn1. The summed E-state index contributed by atoms with van der Waals surface area (Å²) in [6, 6.07) is 93.5. The summed E-state index contributed by atoms with van der Waals surface area (Å²) < 4.78 is 2.56. The van der Waals surface area contributed by atoms with Gasteiger partial charge in [0.15, 0.2) is 0 Å². The fourth-order valence-corrected chi connectivity index (χ4v) is 11.7. The number of nitrogens with zero attached hydrogens (tertiary/aromatic N) is 3. The van der Waals surface area contributed by atoms with Crippen molar-refractivity contribution >= 4 is 42.4 Å². The molecule has 76 heavy (non-hydrogen) atoms. The quantitative estimate of drug-likeness (QED) is 0.108. The number of para-hydroxylation sites is 1. The second-order valence-electron chi connectivity index (χ2n) is 19.2. The Balaban J connectivity index is 0.00000582. The normalized spacial score (nSPS) is 11.3. The molecule has 0 saturated carbocycles. The van der Waals surface area contributed by atoms with Crippen molar-refractivity contribution in [3.8, 4) is 78.3 Å². The van der Waals surface area contributed by atoms with Crippen LogP contribution < -0.4 is 0 Å². The van der Waals surface area contributed by atoms with Crippen molar-refractivity contribution in [1.29, 1.82) is 0 Å². The van der Waals surface area contributed by atoms with Crippen LogP contribution in [0.2, 0.25) is 0 Å². The van der Waals surface area contributed by atoms with Gasteiger partial charge in [-0.05, 0) is 99.2 Å². The van der Waals surface area contributed by atoms with E-state index in [9.17, 15) is 0 Å². The summed E-state index contributed by atoms with van der Waals surface area (Å²) in [5.74, 6) is 0. The van der Waals surface area contributed by atoms with Crippen molar-refractivity contribution in [2.24, 2.45) is 0 Å². The Hall–Kier alpha value is -8.44. The molecule has 13 aromatic rings. The Bertz CT molecular complexity index is 4050. The first kappa shape index (κ1) is 48.5. The van der Waals surface area contributed by atoms with E-state index in [0.717, 1.165) is 104 Å². The molecule has 3 nitrogen and oxygen atoms in total. The van der Waals surface area contributed by atoms with Gasteiger partial charge < -0.3 is 9.97 Å². The van der Waals surface area contributed by atoms with Crippen molar-refractivity contribution < 1.29 is 20.1 Å². The van der Waals surface area contributed by atoms with Gasteiger partial charge >= 0.3 is 20.1 Å². The van der Waals surface area contributed by atoms with Crippen LogP contribution in [-0.4, -0.2) is 15.0 Å². The maximum absolute atomic E-state index is 5.31. The zero-order chi connectivity index (χ0) is 49.9. The van der Waals surface area contributed by atoms with Gasteiger partial charge in [0, 0.05) is 38.0 Å². The average Bonchev–Trinajstić information content (AvgIpc) is 3.87. The molecule has 0 aliphatic heterocycles. The van der Waals surface area contributed by atoms with Crippen molar-refractivity contribution in [3.05, 3.63) is 283 Å². The number of aryl methyl sites for hydroxylation is 4. The van der Waals surface area contributed by atoms with Gasteiger partial charge in [0.25, 0.3) is 0 Å². The standard InChI is InChI=1S/C71H48N3S.Ir/c1-2-14-52(15-3-1)65-47-69(74-68-22-8-6-18-61(65)68)56-37-38-60(64(45-56)55-36-39-63-62-19-7-9-23-70(62)75-71(63)46-55)59-17-5-4-16-58(59)57-43-50(26-24-48-28-32-53(33-29-48)66-20-10-12-40-72-66)42-51(44-57)27-25-49-30-34-54(35-31-49)67-21-11-13-41-73-67;/h1-23,28-32,34,36,38-47H,24-27H2;/q-3;+3. The number of hydrogen-bond acceptors (Lipinski definition) is 4. The molecule has 4 heterocycles. The molecule has 0 unspecified atom stereocenters. The summed E-state index contributed by atoms with van der Waals surface area (Å²) in [6.45, 7) is 0. The predicted octanol–water partition coefficient (Wildman–Crippen LogP) is 18.0. The number of aromatic nitrogens is 3. The molecular weight excluding hydrogens is 1120 g/mol. The number of pyridine rings is 3. The molecule has 5 heteroatoms. The molecule has 0 amide bonds. The molecule has 9 aromatic carbocycles. The van der Waals surface area contributed by atoms with E-state index >= 15 is 0 Å². The van der Waals surface area contributed by atoms with Crippen molar-refractivity contribution in [3.63, 3.8) is 0 Å². The maximum atomic E-state index is 5.31. The Morgan fingerprint density at radius 3 is 1.59 bits per heavy atom. The molecule has 13 rings (SSSR count). The van der Waals surface area contributed by atoms with Crippen molar-refractivity contribution in [2.45, 2.75) is 25.7 Å². The second kappa shape index (κ2) is 21.8. The topological polar surface area (TPSA) is 38.7 Å². The second-order valence-corrected chi connectivity index (χ2v) is 20.2. The fraction of sp³-hybridized carbons (Fsp3) is 0.0563. The molecular formula is C71H48IrN3S. The molecule has 0 aliphatic rings. The maximum Gasteiger partial charge on any atom is 3.00 e. The van der Waals surface area contributed by atoms with E-state index in [0.29, 0.717) is 0 Å². The molecule has 0 saturated heterocycles. The van der Waals surface area contributed by atoms with Crippen LogP contribution in [0, 0.1) is 18.2 Å². The van der Waals surface area contributed by atoms with E-state index in [1.807, 2.05) is 60.1 Å². The number of rotatable bonds is 13. The molecule has 0 N–H and O–H groups in total. The summed E-state index contributed by atoms with van der Waals surface area (Å²) in [5.41, 5.74) is 21.0. The third kappa shape index (κ3) is 10.1. The summed E-state index contributed by atoms with van der Waals surface area (Å²) in [5, 5.41) is 3.70. The van der Waals surface area contributed by atoms with E-state index < -0.39 is 0 Å². The Labute approximate surface area is 461 Å². The number of thiophene rings is 1. The zero-order valence-electron chi connectivity index (χ0n) is 41.5. The van der Waals surface area contributed by atoms with E-state index in [1.165, 1.54) is 53.6 Å². The van der Waals surface area contributed by atoms with Crippen LogP contribution in [0.25, 0.3) is 109 Å². The molecule has 0 fully saturated rings. The zero-order valence-corrected chi connectivity index (χ0v) is 44.7. The van der Waals surface area contributed by atoms with Crippen LogP contribution in [0.1, 0.15) is 22.3 Å². The van der Waals surface area contributed by atoms with Gasteiger partial charge in [0.2, 0.25) is 0 Å². The van der Waals surface area contributed by atoms with Crippen LogP contribution in [0.4, 0.5) is 0 Å². The summed E-state index contributed by atoms with van der Waals surface area (Å²) in [7, 11) is 0. The summed E-state index contributed by atoms with van der Waals surface area (Å²) in [4.78, 5) is 14.4. The minimum atomic E-state index is 0. The first-order valence-corrected chi connectivity index (χ1v) is 26.4. The molecule has 0 spiro atoms. The van der Waals surface area contributed by atoms with E-state index in [2.05, 4.69) is 222 Å². The van der Waals surface area contributed by atoms with E-state index in [1.54, 1.807) is 0 Å². The minimum absolute atomic E-state index is 0. The Kier molecular flexibility index (Phi) is 13.9. The number of fused-ring (bicyclic) bond motifs is 4. The summed E-state index contributed by atoms with van der Waals surface area (Å²) in [6.07, 6.45) is 7.23. The van der Waals surface area contributed by atoms with Gasteiger partial charge in [-0.25, -0.2) is 0 Å². The van der Waals surface area contributed by atoms with Gasteiger partial charge in [-0.1, -0.05) is 181 Å². The molecule has 0 aliphatic carbocycles.